The van der Waals surface area contributed by atoms with Crippen LogP contribution >= 0.6 is 0 Å². The zero-order chi connectivity index (χ0) is 19.8. The fourth-order valence-electron chi connectivity index (χ4n) is 3.41. The number of hydrogen-bond acceptors (Lipinski definition) is 4. The molecule has 0 bridgehead atoms. The molecule has 0 aliphatic carbocycles. The van der Waals surface area contributed by atoms with Gasteiger partial charge < -0.3 is 10.2 Å². The van der Waals surface area contributed by atoms with Gasteiger partial charge in [-0.2, -0.15) is 0 Å². The Labute approximate surface area is 160 Å². The number of nitrogens with one attached hydrogen (secondary N) is 1. The highest BCUT2D eigenvalue weighted by atomic mass is 16.6. The number of non-ortho nitro benzene ring substituents is 1. The van der Waals surface area contributed by atoms with E-state index in [1.807, 2.05) is 0 Å². The maximum absolute atomic E-state index is 12.9. The molecular weight excluding hydrogens is 346 g/mol. The van der Waals surface area contributed by atoms with E-state index >= 15 is 0 Å². The van der Waals surface area contributed by atoms with Crippen molar-refractivity contribution in [2.24, 2.45) is 5.92 Å². The number of hydrogen-bond donors (Lipinski definition) is 1. The molecule has 2 amide bonds. The number of likely N-dealkylation sites (tertiary alicyclic amines) is 1. The van der Waals surface area contributed by atoms with Gasteiger partial charge in [-0.1, -0.05) is 32.3 Å². The van der Waals surface area contributed by atoms with E-state index in [9.17, 15) is 19.7 Å². The average Bonchev–Trinajstić information content (AvgIpc) is 2.67. The second-order valence-electron chi connectivity index (χ2n) is 7.20. The van der Waals surface area contributed by atoms with E-state index in [0.717, 1.165) is 32.1 Å². The van der Waals surface area contributed by atoms with Gasteiger partial charge in [-0.25, -0.2) is 0 Å². The van der Waals surface area contributed by atoms with Crippen LogP contribution in [0.5, 0.6) is 0 Å². The number of rotatable bonds is 8. The zero-order valence-electron chi connectivity index (χ0n) is 16.2. The standard InChI is InChI=1S/C20H29N3O4/c1-3-4-5-6-11-21-19(24)16-8-7-12-22(14-16)20(25)18-13-17(23(26)27)10-9-15(18)2/h9-10,13,16H,3-8,11-12,14H2,1-2H3,(H,21,24). The summed E-state index contributed by atoms with van der Waals surface area (Å²) in [5, 5.41) is 14.0. The van der Waals surface area contributed by atoms with Gasteiger partial charge in [0.25, 0.3) is 11.6 Å². The first kappa shape index (κ1) is 20.9. The third-order valence-corrected chi connectivity index (χ3v) is 5.07. The summed E-state index contributed by atoms with van der Waals surface area (Å²) in [6, 6.07) is 4.32. The topological polar surface area (TPSA) is 92.6 Å². The molecule has 27 heavy (non-hydrogen) atoms. The molecule has 1 aliphatic heterocycles. The number of amides is 2. The number of nitrogens with zero attached hydrogens (tertiary/aromatic N) is 2. The Balaban J connectivity index is 1.97. The van der Waals surface area contributed by atoms with Crippen LogP contribution in [0.3, 0.4) is 0 Å². The maximum Gasteiger partial charge on any atom is 0.270 e. The Morgan fingerprint density at radius 1 is 1.30 bits per heavy atom. The molecule has 1 aliphatic rings. The monoisotopic (exact) mass is 375 g/mol. The lowest BCUT2D eigenvalue weighted by molar-refractivity contribution is -0.384. The molecule has 1 N–H and O–H groups in total. The first-order valence-corrected chi connectivity index (χ1v) is 9.76. The van der Waals surface area contributed by atoms with Crippen molar-refractivity contribution in [3.05, 3.63) is 39.4 Å². The van der Waals surface area contributed by atoms with Crippen LogP contribution in [0.25, 0.3) is 0 Å². The molecule has 0 saturated carbocycles. The van der Waals surface area contributed by atoms with Crippen molar-refractivity contribution in [1.29, 1.82) is 0 Å². The Morgan fingerprint density at radius 2 is 2.07 bits per heavy atom. The SMILES string of the molecule is CCCCCCNC(=O)C1CCCN(C(=O)c2cc([N+](=O)[O-])ccc2C)C1. The van der Waals surface area contributed by atoms with Gasteiger partial charge in [0.1, 0.15) is 0 Å². The number of nitro groups is 1. The summed E-state index contributed by atoms with van der Waals surface area (Å²) in [7, 11) is 0. The molecule has 0 spiro atoms. The Kier molecular flexibility index (Phi) is 7.76. The summed E-state index contributed by atoms with van der Waals surface area (Å²) in [5.41, 5.74) is 0.945. The Hall–Kier alpha value is -2.44. The Morgan fingerprint density at radius 3 is 2.78 bits per heavy atom. The molecule has 0 aromatic heterocycles. The predicted octanol–water partition coefficient (Wildman–Crippen LogP) is 3.45. The van der Waals surface area contributed by atoms with Crippen LogP contribution in [0.1, 0.15) is 61.4 Å². The van der Waals surface area contributed by atoms with Crippen molar-refractivity contribution in [3.8, 4) is 0 Å². The van der Waals surface area contributed by atoms with Crippen molar-refractivity contribution in [3.63, 3.8) is 0 Å². The number of nitro benzene ring substituents is 1. The quantitative estimate of drug-likeness (QED) is 0.428. The summed E-state index contributed by atoms with van der Waals surface area (Å²) < 4.78 is 0. The molecule has 1 saturated heterocycles. The van der Waals surface area contributed by atoms with Crippen LogP contribution in [-0.4, -0.2) is 41.3 Å². The zero-order valence-corrected chi connectivity index (χ0v) is 16.2. The lowest BCUT2D eigenvalue weighted by atomic mass is 9.95. The van der Waals surface area contributed by atoms with E-state index in [1.54, 1.807) is 17.9 Å². The van der Waals surface area contributed by atoms with Gasteiger partial charge in [0, 0.05) is 37.3 Å². The summed E-state index contributed by atoms with van der Waals surface area (Å²) in [4.78, 5) is 37.4. The normalized spacial score (nSPS) is 16.8. The van der Waals surface area contributed by atoms with E-state index in [0.29, 0.717) is 30.8 Å². The lowest BCUT2D eigenvalue weighted by Crippen LogP contribution is -2.45. The van der Waals surface area contributed by atoms with Crippen LogP contribution < -0.4 is 5.32 Å². The molecular formula is C20H29N3O4. The second kappa shape index (κ2) is 10.0. The summed E-state index contributed by atoms with van der Waals surface area (Å²) in [6.45, 7) is 5.52. The van der Waals surface area contributed by atoms with E-state index in [-0.39, 0.29) is 23.4 Å². The molecule has 148 valence electrons. The van der Waals surface area contributed by atoms with Gasteiger partial charge in [0.05, 0.1) is 10.8 Å². The smallest absolute Gasteiger partial charge is 0.270 e. The van der Waals surface area contributed by atoms with Crippen molar-refractivity contribution in [2.75, 3.05) is 19.6 Å². The summed E-state index contributed by atoms with van der Waals surface area (Å²) in [5.74, 6) is -0.454. The minimum absolute atomic E-state index is 0.000220. The number of aryl methyl sites for hydroxylation is 1. The van der Waals surface area contributed by atoms with Crippen LogP contribution in [0.2, 0.25) is 0 Å². The molecule has 7 nitrogen and oxygen atoms in total. The van der Waals surface area contributed by atoms with Crippen molar-refractivity contribution < 1.29 is 14.5 Å². The van der Waals surface area contributed by atoms with Gasteiger partial charge in [-0.05, 0) is 31.7 Å². The van der Waals surface area contributed by atoms with Crippen molar-refractivity contribution in [1.82, 2.24) is 10.2 Å². The number of carbonyl (C=O) groups excluding carboxylic acids is 2. The fourth-order valence-corrected chi connectivity index (χ4v) is 3.41. The lowest BCUT2D eigenvalue weighted by Gasteiger charge is -2.32. The minimum atomic E-state index is -0.499. The molecule has 1 aromatic rings. The van der Waals surface area contributed by atoms with E-state index in [2.05, 4.69) is 12.2 Å². The molecule has 7 heteroatoms. The minimum Gasteiger partial charge on any atom is -0.356 e. The molecule has 1 fully saturated rings. The first-order valence-electron chi connectivity index (χ1n) is 9.76. The van der Waals surface area contributed by atoms with E-state index in [4.69, 9.17) is 0 Å². The second-order valence-corrected chi connectivity index (χ2v) is 7.20. The first-order chi connectivity index (χ1) is 12.9. The van der Waals surface area contributed by atoms with Gasteiger partial charge in [-0.15, -0.1) is 0 Å². The third kappa shape index (κ3) is 5.77. The fraction of sp³-hybridized carbons (Fsp3) is 0.600. The van der Waals surface area contributed by atoms with Gasteiger partial charge >= 0.3 is 0 Å². The molecule has 1 heterocycles. The van der Waals surface area contributed by atoms with Gasteiger partial charge in [0.15, 0.2) is 0 Å². The van der Waals surface area contributed by atoms with Crippen LogP contribution in [0.4, 0.5) is 5.69 Å². The number of carbonyl (C=O) groups is 2. The van der Waals surface area contributed by atoms with E-state index in [1.165, 1.54) is 18.6 Å². The molecule has 2 rings (SSSR count). The summed E-state index contributed by atoms with van der Waals surface area (Å²) >= 11 is 0. The number of piperidine rings is 1. The third-order valence-electron chi connectivity index (χ3n) is 5.07. The maximum atomic E-state index is 12.9. The molecule has 1 unspecified atom stereocenters. The van der Waals surface area contributed by atoms with Gasteiger partial charge in [0.2, 0.25) is 5.91 Å². The highest BCUT2D eigenvalue weighted by molar-refractivity contribution is 5.96. The predicted molar refractivity (Wildman–Crippen MR) is 104 cm³/mol. The van der Waals surface area contributed by atoms with Crippen LogP contribution in [0, 0.1) is 23.0 Å². The average molecular weight is 375 g/mol. The summed E-state index contributed by atoms with van der Waals surface area (Å²) in [6.07, 6.45) is 5.93. The van der Waals surface area contributed by atoms with Crippen molar-refractivity contribution in [2.45, 2.75) is 52.4 Å². The molecule has 0 radical (unpaired) electrons. The molecule has 1 atom stereocenters. The largest absolute Gasteiger partial charge is 0.356 e. The number of unbranched alkanes of at least 4 members (excludes halogenated alkanes) is 3. The van der Waals surface area contributed by atoms with Crippen LogP contribution in [-0.2, 0) is 4.79 Å². The highest BCUT2D eigenvalue weighted by Crippen LogP contribution is 2.23. The van der Waals surface area contributed by atoms with Crippen LogP contribution in [0.15, 0.2) is 18.2 Å². The Bertz CT molecular complexity index is 690. The highest BCUT2D eigenvalue weighted by Gasteiger charge is 2.29. The van der Waals surface area contributed by atoms with Crippen molar-refractivity contribution >= 4 is 17.5 Å². The van der Waals surface area contributed by atoms with E-state index < -0.39 is 4.92 Å². The molecule has 1 aromatic carbocycles. The van der Waals surface area contributed by atoms with Gasteiger partial charge in [-0.3, -0.25) is 19.7 Å². The number of benzene rings is 1.